The second kappa shape index (κ2) is 8.04. The number of nitrogens with zero attached hydrogens (tertiary/aromatic N) is 2. The third-order valence-corrected chi connectivity index (χ3v) is 5.53. The largest absolute Gasteiger partial charge is 0.591 e. The van der Waals surface area contributed by atoms with Crippen molar-refractivity contribution in [1.82, 2.24) is 4.90 Å². The first-order chi connectivity index (χ1) is 10.7. The minimum atomic E-state index is -1.18. The molecule has 1 saturated heterocycles. The molecule has 5 nitrogen and oxygen atoms in total. The van der Waals surface area contributed by atoms with Gasteiger partial charge >= 0.3 is 0 Å². The maximum atomic E-state index is 11.9. The molecule has 2 unspecified atom stereocenters. The van der Waals surface area contributed by atoms with Gasteiger partial charge in [0.2, 0.25) is 6.41 Å². The normalized spacial score (nSPS) is 25.3. The van der Waals surface area contributed by atoms with Gasteiger partial charge in [-0.2, -0.15) is 0 Å². The van der Waals surface area contributed by atoms with E-state index in [1.807, 2.05) is 46.4 Å². The SMILES string of the molecule is CC(C)(C)OC(O)N1C[C@@H](CCC=N[S+]([O-])C(C)(C)C)CC1(C)C. The number of ether oxygens (including phenoxy) is 1. The molecule has 0 saturated carbocycles. The number of likely N-dealkylation sites (tertiary alicyclic amines) is 1. The van der Waals surface area contributed by atoms with Crippen molar-refractivity contribution in [1.29, 1.82) is 0 Å². The van der Waals surface area contributed by atoms with Crippen LogP contribution in [0.15, 0.2) is 4.40 Å². The Bertz CT molecular complexity index is 427. The van der Waals surface area contributed by atoms with E-state index in [9.17, 15) is 9.66 Å². The molecule has 0 aromatic carbocycles. The van der Waals surface area contributed by atoms with Crippen LogP contribution in [0.4, 0.5) is 0 Å². The van der Waals surface area contributed by atoms with Crippen LogP contribution in [0.1, 0.15) is 74.7 Å². The average Bonchev–Trinajstić information content (AvgIpc) is 2.66. The Balaban J connectivity index is 2.52. The molecule has 0 spiro atoms. The van der Waals surface area contributed by atoms with Crippen LogP contribution < -0.4 is 0 Å². The van der Waals surface area contributed by atoms with E-state index in [0.29, 0.717) is 5.92 Å². The van der Waals surface area contributed by atoms with Crippen molar-refractivity contribution in [3.8, 4) is 0 Å². The summed E-state index contributed by atoms with van der Waals surface area (Å²) in [6, 6.07) is 0. The second-order valence-electron chi connectivity index (χ2n) is 9.32. The summed E-state index contributed by atoms with van der Waals surface area (Å²) in [5, 5.41) is 10.4. The molecule has 3 atom stereocenters. The van der Waals surface area contributed by atoms with Gasteiger partial charge in [0.1, 0.15) is 16.1 Å². The highest BCUT2D eigenvalue weighted by Gasteiger charge is 2.42. The van der Waals surface area contributed by atoms with Gasteiger partial charge in [0.15, 0.2) is 0 Å². The molecule has 0 aliphatic carbocycles. The van der Waals surface area contributed by atoms with Gasteiger partial charge < -0.3 is 14.4 Å². The van der Waals surface area contributed by atoms with Crippen molar-refractivity contribution in [2.24, 2.45) is 10.3 Å². The van der Waals surface area contributed by atoms with E-state index in [0.717, 1.165) is 25.8 Å². The number of aliphatic hydroxyl groups excluding tert-OH is 1. The zero-order valence-electron chi connectivity index (χ0n) is 16.6. The van der Waals surface area contributed by atoms with E-state index in [1.165, 1.54) is 0 Å². The lowest BCUT2D eigenvalue weighted by Gasteiger charge is -2.37. The molecule has 1 heterocycles. The van der Waals surface area contributed by atoms with Gasteiger partial charge in [0, 0.05) is 12.1 Å². The summed E-state index contributed by atoms with van der Waals surface area (Å²) in [4.78, 5) is 2.04. The summed E-state index contributed by atoms with van der Waals surface area (Å²) in [7, 11) is 0. The number of hydrogen-bond acceptors (Lipinski definition) is 5. The summed E-state index contributed by atoms with van der Waals surface area (Å²) in [6.07, 6.45) is 3.71. The smallest absolute Gasteiger partial charge is 0.217 e. The first-order valence-electron chi connectivity index (χ1n) is 8.79. The van der Waals surface area contributed by atoms with Crippen molar-refractivity contribution in [3.05, 3.63) is 0 Å². The lowest BCUT2D eigenvalue weighted by atomic mass is 9.93. The predicted molar refractivity (Wildman–Crippen MR) is 101 cm³/mol. The van der Waals surface area contributed by atoms with E-state index < -0.39 is 17.8 Å². The first kappa shape index (κ1) is 21.9. The molecule has 0 radical (unpaired) electrons. The molecule has 1 N–H and O–H groups in total. The standard InChI is InChI=1S/C18H36N2O3S/c1-16(2,3)23-15(21)20-13-14(12-18(20,7)8)10-9-11-19-24(22)17(4,5)6/h11,14-15,21H,9-10,12-13H2,1-8H3/t14-,15?,24?/m0/s1. The molecule has 1 aliphatic rings. The van der Waals surface area contributed by atoms with Gasteiger partial charge in [-0.1, -0.05) is 4.40 Å². The molecule has 6 heteroatoms. The fourth-order valence-electron chi connectivity index (χ4n) is 2.96. The topological polar surface area (TPSA) is 68.1 Å². The van der Waals surface area contributed by atoms with Crippen LogP contribution in [0.2, 0.25) is 0 Å². The Kier molecular flexibility index (Phi) is 7.34. The van der Waals surface area contributed by atoms with Crippen LogP contribution in [-0.2, 0) is 16.1 Å². The van der Waals surface area contributed by atoms with Crippen molar-refractivity contribution >= 4 is 17.6 Å². The van der Waals surface area contributed by atoms with Gasteiger partial charge in [0.05, 0.1) is 11.8 Å². The van der Waals surface area contributed by atoms with E-state index in [1.54, 1.807) is 6.21 Å². The fourth-order valence-corrected chi connectivity index (χ4v) is 3.52. The molecule has 24 heavy (non-hydrogen) atoms. The second-order valence-corrected chi connectivity index (χ2v) is 11.3. The van der Waals surface area contributed by atoms with Gasteiger partial charge in [-0.3, -0.25) is 0 Å². The highest BCUT2D eigenvalue weighted by atomic mass is 32.2. The van der Waals surface area contributed by atoms with E-state index in [-0.39, 0.29) is 15.9 Å². The summed E-state index contributed by atoms with van der Waals surface area (Å²) in [5.74, 6) is 0.479. The Morgan fingerprint density at radius 3 is 2.42 bits per heavy atom. The molecule has 0 aromatic heterocycles. The van der Waals surface area contributed by atoms with Crippen molar-refractivity contribution < 1.29 is 14.4 Å². The molecule has 0 amide bonds. The summed E-state index contributed by atoms with van der Waals surface area (Å²) >= 11 is -1.18. The molecule has 1 fully saturated rings. The molecule has 1 aliphatic heterocycles. The van der Waals surface area contributed by atoms with Gasteiger partial charge in [-0.25, -0.2) is 4.90 Å². The molecular formula is C18H36N2O3S. The van der Waals surface area contributed by atoms with Gasteiger partial charge in [0.25, 0.3) is 0 Å². The Morgan fingerprint density at radius 1 is 1.33 bits per heavy atom. The van der Waals surface area contributed by atoms with Crippen molar-refractivity contribution in [2.75, 3.05) is 6.54 Å². The Labute approximate surface area is 151 Å². The third-order valence-electron chi connectivity index (χ3n) is 4.14. The maximum Gasteiger partial charge on any atom is 0.217 e. The van der Waals surface area contributed by atoms with E-state index in [4.69, 9.17) is 4.74 Å². The average molecular weight is 361 g/mol. The Hall–Kier alpha value is -0.140. The highest BCUT2D eigenvalue weighted by molar-refractivity contribution is 7.91. The monoisotopic (exact) mass is 360 g/mol. The zero-order chi connectivity index (χ0) is 18.8. The first-order valence-corrected chi connectivity index (χ1v) is 9.90. The summed E-state index contributed by atoms with van der Waals surface area (Å²) in [6.45, 7) is 16.7. The molecular weight excluding hydrogens is 324 g/mol. The van der Waals surface area contributed by atoms with Gasteiger partial charge in [-0.05, 0) is 80.6 Å². The van der Waals surface area contributed by atoms with Crippen LogP contribution in [0.3, 0.4) is 0 Å². The minimum absolute atomic E-state index is 0.0965. The maximum absolute atomic E-state index is 11.9. The summed E-state index contributed by atoms with van der Waals surface area (Å²) in [5.41, 5.74) is -0.474. The Morgan fingerprint density at radius 2 is 1.92 bits per heavy atom. The van der Waals surface area contributed by atoms with E-state index in [2.05, 4.69) is 18.2 Å². The lowest BCUT2D eigenvalue weighted by Crippen LogP contribution is -2.49. The number of hydrogen-bond donors (Lipinski definition) is 1. The predicted octanol–water partition coefficient (Wildman–Crippen LogP) is 3.49. The van der Waals surface area contributed by atoms with Crippen LogP contribution >= 0.6 is 0 Å². The summed E-state index contributed by atoms with van der Waals surface area (Å²) < 4.78 is 21.5. The molecule has 0 aromatic rings. The molecule has 142 valence electrons. The lowest BCUT2D eigenvalue weighted by molar-refractivity contribution is -0.251. The highest BCUT2D eigenvalue weighted by Crippen LogP contribution is 2.36. The van der Waals surface area contributed by atoms with Crippen LogP contribution in [0.5, 0.6) is 0 Å². The van der Waals surface area contributed by atoms with Crippen molar-refractivity contribution in [3.63, 3.8) is 0 Å². The minimum Gasteiger partial charge on any atom is -0.591 e. The van der Waals surface area contributed by atoms with Crippen LogP contribution in [0, 0.1) is 5.92 Å². The van der Waals surface area contributed by atoms with Crippen LogP contribution in [-0.4, -0.2) is 49.6 Å². The third kappa shape index (κ3) is 7.00. The number of rotatable bonds is 6. The number of aliphatic hydroxyl groups is 1. The van der Waals surface area contributed by atoms with E-state index >= 15 is 0 Å². The van der Waals surface area contributed by atoms with Gasteiger partial charge in [-0.15, -0.1) is 0 Å². The van der Waals surface area contributed by atoms with Crippen LogP contribution in [0.25, 0.3) is 0 Å². The molecule has 0 bridgehead atoms. The van der Waals surface area contributed by atoms with Crippen molar-refractivity contribution in [2.45, 2.75) is 97.0 Å². The zero-order valence-corrected chi connectivity index (χ0v) is 17.4. The quantitative estimate of drug-likeness (QED) is 0.447. The molecule has 1 rings (SSSR count). The fraction of sp³-hybridized carbons (Fsp3) is 0.944.